The molecule has 0 spiro atoms. The van der Waals surface area contributed by atoms with Crippen LogP contribution < -0.4 is 10.2 Å². The van der Waals surface area contributed by atoms with Gasteiger partial charge in [0.15, 0.2) is 11.0 Å². The molecule has 3 aromatic carbocycles. The van der Waals surface area contributed by atoms with Crippen molar-refractivity contribution in [3.63, 3.8) is 0 Å². The summed E-state index contributed by atoms with van der Waals surface area (Å²) < 4.78 is 1.83. The van der Waals surface area contributed by atoms with E-state index >= 15 is 0 Å². The quantitative estimate of drug-likeness (QED) is 0.208. The van der Waals surface area contributed by atoms with Gasteiger partial charge in [0.25, 0.3) is 11.6 Å². The van der Waals surface area contributed by atoms with Crippen molar-refractivity contribution >= 4 is 35.0 Å². The summed E-state index contributed by atoms with van der Waals surface area (Å²) in [6.45, 7) is 2.71. The summed E-state index contributed by atoms with van der Waals surface area (Å²) in [5, 5.41) is 22.8. The van der Waals surface area contributed by atoms with E-state index in [2.05, 4.69) is 15.5 Å². The van der Waals surface area contributed by atoms with E-state index in [1.54, 1.807) is 4.90 Å². The Bertz CT molecular complexity index is 1520. The standard InChI is InChI=1S/C27H24N6O4S/c1-18-5-4-7-22(15-18)32-24(16-28-26(35)20-9-11-21(12-10-20)33(36)37)29-30-27(32)38-17-25(34)31-14-13-19-6-2-3-8-23(19)31/h2-12,15H,13-14,16-17H2,1H3,(H,28,35). The molecule has 10 nitrogen and oxygen atoms in total. The molecule has 0 unspecified atom stereocenters. The maximum atomic E-state index is 13.1. The van der Waals surface area contributed by atoms with E-state index in [0.29, 0.717) is 23.1 Å². The van der Waals surface area contributed by atoms with E-state index < -0.39 is 10.8 Å². The summed E-state index contributed by atoms with van der Waals surface area (Å²) in [7, 11) is 0. The van der Waals surface area contributed by atoms with Gasteiger partial charge in [-0.3, -0.25) is 24.3 Å². The van der Waals surface area contributed by atoms with Crippen LogP contribution >= 0.6 is 11.8 Å². The number of nitrogens with one attached hydrogen (secondary N) is 1. The lowest BCUT2D eigenvalue weighted by molar-refractivity contribution is -0.384. The van der Waals surface area contributed by atoms with Crippen molar-refractivity contribution in [3.05, 3.63) is 105 Å². The minimum absolute atomic E-state index is 0.00762. The molecular weight excluding hydrogens is 504 g/mol. The van der Waals surface area contributed by atoms with E-state index in [1.165, 1.54) is 41.6 Å². The lowest BCUT2D eigenvalue weighted by Crippen LogP contribution is -2.30. The Labute approximate surface area is 222 Å². The highest BCUT2D eigenvalue weighted by atomic mass is 32.2. The van der Waals surface area contributed by atoms with Crippen LogP contribution in [0.5, 0.6) is 0 Å². The average Bonchev–Trinajstić information content (AvgIpc) is 3.54. The Morgan fingerprint density at radius 1 is 1.05 bits per heavy atom. The number of nitro benzene ring substituents is 1. The van der Waals surface area contributed by atoms with Crippen molar-refractivity contribution in [2.75, 3.05) is 17.2 Å². The molecule has 2 heterocycles. The molecule has 0 bridgehead atoms. The van der Waals surface area contributed by atoms with Crippen molar-refractivity contribution in [1.29, 1.82) is 0 Å². The number of rotatable bonds is 8. The molecule has 192 valence electrons. The topological polar surface area (TPSA) is 123 Å². The molecule has 0 radical (unpaired) electrons. The van der Waals surface area contributed by atoms with Crippen LogP contribution in [-0.2, 0) is 17.8 Å². The first kappa shape index (κ1) is 25.2. The molecule has 1 aliphatic heterocycles. The molecule has 11 heteroatoms. The van der Waals surface area contributed by atoms with Gasteiger partial charge in [-0.2, -0.15) is 0 Å². The predicted octanol–water partition coefficient (Wildman–Crippen LogP) is 4.10. The Morgan fingerprint density at radius 2 is 1.84 bits per heavy atom. The summed E-state index contributed by atoms with van der Waals surface area (Å²) in [4.78, 5) is 37.9. The number of hydrogen-bond acceptors (Lipinski definition) is 7. The average molecular weight is 529 g/mol. The molecular formula is C27H24N6O4S. The monoisotopic (exact) mass is 528 g/mol. The highest BCUT2D eigenvalue weighted by Crippen LogP contribution is 2.29. The number of para-hydroxylation sites is 1. The smallest absolute Gasteiger partial charge is 0.269 e. The normalized spacial score (nSPS) is 12.3. The Morgan fingerprint density at radius 3 is 2.61 bits per heavy atom. The van der Waals surface area contributed by atoms with Gasteiger partial charge < -0.3 is 10.2 Å². The third-order valence-corrected chi connectivity index (χ3v) is 7.13. The van der Waals surface area contributed by atoms with Crippen LogP contribution in [0, 0.1) is 17.0 Å². The van der Waals surface area contributed by atoms with Crippen molar-refractivity contribution in [3.8, 4) is 5.69 Å². The molecule has 1 aromatic heterocycles. The second-order valence-electron chi connectivity index (χ2n) is 8.77. The lowest BCUT2D eigenvalue weighted by atomic mass is 10.2. The summed E-state index contributed by atoms with van der Waals surface area (Å²) in [6.07, 6.45) is 0.838. The SMILES string of the molecule is Cc1cccc(-n2c(CNC(=O)c3ccc([N+](=O)[O-])cc3)nnc2SCC(=O)N2CCc3ccccc32)c1. The van der Waals surface area contributed by atoms with Crippen LogP contribution in [0.15, 0.2) is 78.0 Å². The highest BCUT2D eigenvalue weighted by molar-refractivity contribution is 7.99. The third kappa shape index (κ3) is 5.28. The molecule has 4 aromatic rings. The molecule has 0 atom stereocenters. The largest absolute Gasteiger partial charge is 0.345 e. The van der Waals surface area contributed by atoms with Crippen molar-refractivity contribution in [2.45, 2.75) is 25.0 Å². The molecule has 5 rings (SSSR count). The number of amides is 2. The molecule has 0 fully saturated rings. The van der Waals surface area contributed by atoms with E-state index in [9.17, 15) is 19.7 Å². The highest BCUT2D eigenvalue weighted by Gasteiger charge is 2.25. The van der Waals surface area contributed by atoms with Crippen LogP contribution in [0.2, 0.25) is 0 Å². The van der Waals surface area contributed by atoms with Gasteiger partial charge in [0.05, 0.1) is 17.2 Å². The Hall–Kier alpha value is -4.51. The summed E-state index contributed by atoms with van der Waals surface area (Å²) >= 11 is 1.29. The van der Waals surface area contributed by atoms with Gasteiger partial charge >= 0.3 is 0 Å². The van der Waals surface area contributed by atoms with Gasteiger partial charge in [0.1, 0.15) is 0 Å². The minimum atomic E-state index is -0.515. The third-order valence-electron chi connectivity index (χ3n) is 6.22. The maximum absolute atomic E-state index is 13.1. The molecule has 0 aliphatic carbocycles. The molecule has 38 heavy (non-hydrogen) atoms. The zero-order valence-corrected chi connectivity index (χ0v) is 21.4. The van der Waals surface area contributed by atoms with Gasteiger partial charge in [-0.25, -0.2) is 0 Å². The van der Waals surface area contributed by atoms with Crippen LogP contribution in [0.4, 0.5) is 11.4 Å². The zero-order valence-electron chi connectivity index (χ0n) is 20.5. The van der Waals surface area contributed by atoms with Gasteiger partial charge in [-0.15, -0.1) is 10.2 Å². The van der Waals surface area contributed by atoms with Crippen molar-refractivity contribution in [2.24, 2.45) is 0 Å². The van der Waals surface area contributed by atoms with Crippen LogP contribution in [0.1, 0.15) is 27.3 Å². The van der Waals surface area contributed by atoms with Crippen molar-refractivity contribution in [1.82, 2.24) is 20.1 Å². The number of aryl methyl sites for hydroxylation is 1. The second kappa shape index (κ2) is 10.9. The number of carbonyl (C=O) groups is 2. The number of nitrogens with zero attached hydrogens (tertiary/aromatic N) is 5. The second-order valence-corrected chi connectivity index (χ2v) is 9.72. The minimum Gasteiger partial charge on any atom is -0.345 e. The predicted molar refractivity (Wildman–Crippen MR) is 144 cm³/mol. The number of anilines is 1. The number of hydrogen-bond donors (Lipinski definition) is 1. The van der Waals surface area contributed by atoms with E-state index in [-0.39, 0.29) is 23.9 Å². The number of aromatic nitrogens is 3. The fourth-order valence-electron chi connectivity index (χ4n) is 4.33. The van der Waals surface area contributed by atoms with E-state index in [4.69, 9.17) is 0 Å². The van der Waals surface area contributed by atoms with Crippen molar-refractivity contribution < 1.29 is 14.5 Å². The molecule has 2 amide bonds. The summed E-state index contributed by atoms with van der Waals surface area (Å²) in [5.74, 6) is 0.280. The summed E-state index contributed by atoms with van der Waals surface area (Å²) in [5.41, 5.74) is 4.18. The number of benzene rings is 3. The lowest BCUT2D eigenvalue weighted by Gasteiger charge is -2.17. The molecule has 1 aliphatic rings. The van der Waals surface area contributed by atoms with Crippen LogP contribution in [0.3, 0.4) is 0 Å². The maximum Gasteiger partial charge on any atom is 0.269 e. The van der Waals surface area contributed by atoms with Crippen LogP contribution in [-0.4, -0.2) is 43.8 Å². The fourth-order valence-corrected chi connectivity index (χ4v) is 5.18. The number of nitro groups is 1. The number of non-ortho nitro benzene ring substituents is 1. The fraction of sp³-hybridized carbons (Fsp3) is 0.185. The van der Waals surface area contributed by atoms with Crippen LogP contribution in [0.25, 0.3) is 5.69 Å². The number of thioether (sulfide) groups is 1. The Kier molecular flexibility index (Phi) is 7.18. The Balaban J connectivity index is 1.33. The first-order valence-corrected chi connectivity index (χ1v) is 12.9. The molecule has 1 N–H and O–H groups in total. The van der Waals surface area contributed by atoms with Gasteiger partial charge in [-0.05, 0) is 54.8 Å². The zero-order chi connectivity index (χ0) is 26.6. The first-order valence-electron chi connectivity index (χ1n) is 12.0. The molecule has 0 saturated heterocycles. The van der Waals surface area contributed by atoms with Gasteiger partial charge in [0.2, 0.25) is 5.91 Å². The van der Waals surface area contributed by atoms with Gasteiger partial charge in [0, 0.05) is 35.6 Å². The summed E-state index contributed by atoms with van der Waals surface area (Å²) in [6, 6.07) is 21.1. The number of carbonyl (C=O) groups excluding carboxylic acids is 2. The first-order chi connectivity index (χ1) is 18.4. The van der Waals surface area contributed by atoms with E-state index in [1.807, 2.05) is 60.0 Å². The molecule has 0 saturated carbocycles. The van der Waals surface area contributed by atoms with E-state index in [0.717, 1.165) is 23.4 Å². The number of fused-ring (bicyclic) bond motifs is 1. The van der Waals surface area contributed by atoms with Gasteiger partial charge in [-0.1, -0.05) is 42.1 Å².